The molecule has 0 amide bonds. The molecule has 1 saturated heterocycles. The van der Waals surface area contributed by atoms with E-state index in [1.54, 1.807) is 16.4 Å². The van der Waals surface area contributed by atoms with Crippen molar-refractivity contribution in [3.63, 3.8) is 0 Å². The van der Waals surface area contributed by atoms with Crippen molar-refractivity contribution in [3.8, 4) is 0 Å². The van der Waals surface area contributed by atoms with Crippen LogP contribution in [0.4, 0.5) is 8.78 Å². The molecule has 7 nitrogen and oxygen atoms in total. The van der Waals surface area contributed by atoms with Crippen molar-refractivity contribution < 1.29 is 13.9 Å². The van der Waals surface area contributed by atoms with E-state index in [0.29, 0.717) is 10.9 Å². The van der Waals surface area contributed by atoms with Gasteiger partial charge in [0.05, 0.1) is 23.2 Å². The molecule has 0 aromatic carbocycles. The molecule has 2 aliphatic carbocycles. The summed E-state index contributed by atoms with van der Waals surface area (Å²) >= 11 is 0. The molecule has 5 atom stereocenters. The summed E-state index contributed by atoms with van der Waals surface area (Å²) in [7, 11) is 0. The van der Waals surface area contributed by atoms with Crippen LogP contribution in [0.15, 0.2) is 9.59 Å². The Labute approximate surface area is 153 Å². The van der Waals surface area contributed by atoms with Crippen LogP contribution in [-0.4, -0.2) is 63.7 Å². The molecule has 2 heterocycles. The van der Waals surface area contributed by atoms with Gasteiger partial charge in [0.25, 0.3) is 5.56 Å². The van der Waals surface area contributed by atoms with Gasteiger partial charge < -0.3 is 10.8 Å². The smallest absolute Gasteiger partial charge is 0.329 e. The molecule has 148 valence electrons. The van der Waals surface area contributed by atoms with E-state index in [1.807, 2.05) is 0 Å². The molecule has 0 bridgehead atoms. The summed E-state index contributed by atoms with van der Waals surface area (Å²) in [6.07, 6.45) is 0.132. The van der Waals surface area contributed by atoms with E-state index in [0.717, 1.165) is 12.8 Å². The number of aliphatic hydroxyl groups excluding tert-OH is 1. The molecule has 4 N–H and O–H groups in total. The molecule has 2 fully saturated rings. The average molecular weight is 382 g/mol. The first-order chi connectivity index (χ1) is 12.8. The summed E-state index contributed by atoms with van der Waals surface area (Å²) in [5.41, 5.74) is 5.27. The van der Waals surface area contributed by atoms with Gasteiger partial charge in [-0.05, 0) is 31.4 Å². The monoisotopic (exact) mass is 382 g/mol. The van der Waals surface area contributed by atoms with Crippen LogP contribution < -0.4 is 27.6 Å². The van der Waals surface area contributed by atoms with Gasteiger partial charge in [-0.1, -0.05) is 0 Å². The number of aromatic nitrogens is 2. The summed E-state index contributed by atoms with van der Waals surface area (Å²) in [6.45, 7) is 1.58. The summed E-state index contributed by atoms with van der Waals surface area (Å²) in [6, 6.07) is -1.47. The Kier molecular flexibility index (Phi) is 4.56. The van der Waals surface area contributed by atoms with Crippen molar-refractivity contribution in [1.29, 1.82) is 0 Å². The number of H-pyrrole nitrogens is 1. The van der Waals surface area contributed by atoms with Gasteiger partial charge in [-0.25, -0.2) is 13.6 Å². The van der Waals surface area contributed by atoms with Crippen molar-refractivity contribution in [1.82, 2.24) is 14.5 Å². The minimum Gasteiger partial charge on any atom is -0.395 e. The van der Waals surface area contributed by atoms with Crippen LogP contribution in [0.3, 0.4) is 0 Å². The second-order valence-corrected chi connectivity index (χ2v) is 7.84. The van der Waals surface area contributed by atoms with Gasteiger partial charge in [0.1, 0.15) is 12.3 Å². The largest absolute Gasteiger partial charge is 0.395 e. The van der Waals surface area contributed by atoms with Crippen LogP contribution in [-0.2, 0) is 0 Å². The van der Waals surface area contributed by atoms with Gasteiger partial charge in [0.2, 0.25) is 0 Å². The second kappa shape index (κ2) is 6.65. The van der Waals surface area contributed by atoms with Gasteiger partial charge in [0.15, 0.2) is 0 Å². The number of nitrogens with one attached hydrogen (secondary N) is 1. The quantitative estimate of drug-likeness (QED) is 0.566. The lowest BCUT2D eigenvalue weighted by atomic mass is 9.95. The van der Waals surface area contributed by atoms with Gasteiger partial charge >= 0.3 is 5.69 Å². The number of alkyl halides is 2. The van der Waals surface area contributed by atoms with E-state index in [1.165, 1.54) is 6.08 Å². The standard InChI is InChI=1S/C18H24F2N4O3/c1-8-15-10(17(26)22-18(27)24(15)9-2-3-9)4-12(19)16(8)23-5-11(13(20)6-23)14(21)7-25/h4,9,11-14,16,25H,2-3,5-7,21H2,1H3,(H,22,26,27). The van der Waals surface area contributed by atoms with Crippen molar-refractivity contribution in [2.45, 2.75) is 50.2 Å². The summed E-state index contributed by atoms with van der Waals surface area (Å²) in [5, 5.41) is 9.86. The summed E-state index contributed by atoms with van der Waals surface area (Å²) < 4.78 is 31.0. The van der Waals surface area contributed by atoms with Gasteiger partial charge in [-0.15, -0.1) is 0 Å². The number of rotatable bonds is 4. The molecule has 1 aromatic heterocycles. The lowest BCUT2D eigenvalue weighted by Gasteiger charge is -2.32. The van der Waals surface area contributed by atoms with E-state index in [4.69, 9.17) is 5.73 Å². The van der Waals surface area contributed by atoms with Crippen molar-refractivity contribution in [2.24, 2.45) is 11.7 Å². The zero-order valence-corrected chi connectivity index (χ0v) is 15.1. The molecule has 1 aliphatic heterocycles. The van der Waals surface area contributed by atoms with E-state index < -0.39 is 41.6 Å². The highest BCUT2D eigenvalue weighted by Gasteiger charge is 2.43. The third-order valence-electron chi connectivity index (χ3n) is 6.01. The number of likely N-dealkylation sites (tertiary alicyclic amines) is 1. The molecular formula is C18H24F2N4O3. The molecule has 27 heavy (non-hydrogen) atoms. The van der Waals surface area contributed by atoms with Crippen LogP contribution in [0, 0.1) is 5.92 Å². The van der Waals surface area contributed by atoms with Crippen LogP contribution in [0.1, 0.15) is 25.8 Å². The second-order valence-electron chi connectivity index (χ2n) is 7.84. The van der Waals surface area contributed by atoms with E-state index in [9.17, 15) is 19.1 Å². The molecule has 4 rings (SSSR count). The topological polar surface area (TPSA) is 104 Å². The van der Waals surface area contributed by atoms with Gasteiger partial charge in [-0.2, -0.15) is 0 Å². The van der Waals surface area contributed by atoms with Crippen LogP contribution >= 0.6 is 0 Å². The van der Waals surface area contributed by atoms with Crippen LogP contribution in [0.2, 0.25) is 0 Å². The molecule has 1 aromatic rings. The molecule has 9 heteroatoms. The predicted octanol–water partition coefficient (Wildman–Crippen LogP) is -1.87. The predicted molar refractivity (Wildman–Crippen MR) is 96.1 cm³/mol. The third-order valence-corrected chi connectivity index (χ3v) is 6.01. The van der Waals surface area contributed by atoms with E-state index >= 15 is 4.39 Å². The van der Waals surface area contributed by atoms with E-state index in [-0.39, 0.29) is 31.0 Å². The van der Waals surface area contributed by atoms with Crippen molar-refractivity contribution in [3.05, 3.63) is 31.4 Å². The first kappa shape index (κ1) is 18.5. The average Bonchev–Trinajstić information content (AvgIpc) is 3.37. The molecule has 0 spiro atoms. The Morgan fingerprint density at radius 3 is 2.67 bits per heavy atom. The van der Waals surface area contributed by atoms with Gasteiger partial charge in [-0.3, -0.25) is 19.2 Å². The SMILES string of the molecule is CC1=c2c(c(=O)[nH]c(=O)n2C2CC2)=CC(F)C1N1CC(F)C(C(N)CO)C1. The highest BCUT2D eigenvalue weighted by molar-refractivity contribution is 5.56. The first-order valence-corrected chi connectivity index (χ1v) is 9.29. The fourth-order valence-electron chi connectivity index (χ4n) is 4.49. The van der Waals surface area contributed by atoms with Crippen LogP contribution in [0.5, 0.6) is 0 Å². The molecule has 3 aliphatic rings. The number of fused-ring (bicyclic) bond motifs is 1. The number of nitrogens with two attached hydrogens (primary N) is 1. The Morgan fingerprint density at radius 1 is 1.33 bits per heavy atom. The molecule has 0 radical (unpaired) electrons. The Morgan fingerprint density at radius 2 is 2.04 bits per heavy atom. The molecule has 5 unspecified atom stereocenters. The third kappa shape index (κ3) is 2.97. The maximum Gasteiger partial charge on any atom is 0.329 e. The minimum atomic E-state index is -1.50. The summed E-state index contributed by atoms with van der Waals surface area (Å²) in [4.78, 5) is 28.5. The number of hydrogen-bond acceptors (Lipinski definition) is 5. The number of aromatic amines is 1. The maximum absolute atomic E-state index is 15.0. The number of nitrogens with zero attached hydrogens (tertiary/aromatic N) is 2. The fraction of sp³-hybridized carbons (Fsp3) is 0.667. The fourth-order valence-corrected chi connectivity index (χ4v) is 4.49. The van der Waals surface area contributed by atoms with Crippen molar-refractivity contribution >= 4 is 11.6 Å². The lowest BCUT2D eigenvalue weighted by molar-refractivity contribution is 0.181. The van der Waals surface area contributed by atoms with Crippen molar-refractivity contribution in [2.75, 3.05) is 19.7 Å². The first-order valence-electron chi connectivity index (χ1n) is 9.29. The highest BCUT2D eigenvalue weighted by Crippen LogP contribution is 2.33. The minimum absolute atomic E-state index is 0.000812. The zero-order chi connectivity index (χ0) is 19.5. The number of aliphatic hydroxyl groups is 1. The molecule has 1 saturated carbocycles. The normalized spacial score (nSPS) is 32.3. The Hall–Kier alpha value is -1.84. The van der Waals surface area contributed by atoms with Gasteiger partial charge in [0, 0.05) is 31.1 Å². The Bertz CT molecular complexity index is 984. The number of hydrogen-bond donors (Lipinski definition) is 3. The van der Waals surface area contributed by atoms with Crippen LogP contribution in [0.25, 0.3) is 11.6 Å². The van der Waals surface area contributed by atoms with E-state index in [2.05, 4.69) is 4.98 Å². The number of halogens is 2. The summed E-state index contributed by atoms with van der Waals surface area (Å²) in [5.74, 6) is -0.582. The highest BCUT2D eigenvalue weighted by atomic mass is 19.1. The zero-order valence-electron chi connectivity index (χ0n) is 15.1. The Balaban J connectivity index is 1.83. The lowest BCUT2D eigenvalue weighted by Crippen LogP contribution is -2.60. The maximum atomic E-state index is 15.0. The molecular weight excluding hydrogens is 358 g/mol.